The Kier molecular flexibility index (Phi) is 5.90. The maximum Gasteiger partial charge on any atom is 0.408 e. The van der Waals surface area contributed by atoms with Gasteiger partial charge in [-0.25, -0.2) is 9.59 Å². The van der Waals surface area contributed by atoms with Crippen molar-refractivity contribution in [3.63, 3.8) is 0 Å². The van der Waals surface area contributed by atoms with E-state index in [9.17, 15) is 19.5 Å². The van der Waals surface area contributed by atoms with Crippen molar-refractivity contribution < 1.29 is 24.2 Å². The van der Waals surface area contributed by atoms with Crippen molar-refractivity contribution in [3.05, 3.63) is 0 Å². The standard InChI is InChI=1S/C17H30N2O5/c1-10-8-9-19(11(10)14(21)22)13(20)12(16(2,3)4)18-15(23)24-17(5,6)7/h10-12H,8-9H2,1-7H3,(H,18,23)(H,21,22)/t10-,11-,12+/m0/s1. The first-order valence-corrected chi connectivity index (χ1v) is 8.27. The van der Waals surface area contributed by atoms with Crippen LogP contribution in [-0.4, -0.2) is 52.2 Å². The highest BCUT2D eigenvalue weighted by molar-refractivity contribution is 5.90. The van der Waals surface area contributed by atoms with Crippen LogP contribution < -0.4 is 5.32 Å². The maximum absolute atomic E-state index is 12.9. The summed E-state index contributed by atoms with van der Waals surface area (Å²) < 4.78 is 5.23. The van der Waals surface area contributed by atoms with Gasteiger partial charge in [-0.1, -0.05) is 27.7 Å². The first kappa shape index (κ1) is 20.3. The van der Waals surface area contributed by atoms with Crippen molar-refractivity contribution in [3.8, 4) is 0 Å². The zero-order valence-electron chi connectivity index (χ0n) is 15.7. The summed E-state index contributed by atoms with van der Waals surface area (Å²) in [6, 6.07) is -1.72. The molecular formula is C17H30N2O5. The van der Waals surface area contributed by atoms with Gasteiger partial charge in [-0.05, 0) is 38.5 Å². The Bertz CT molecular complexity index is 504. The van der Waals surface area contributed by atoms with E-state index in [1.807, 2.05) is 27.7 Å². The summed E-state index contributed by atoms with van der Waals surface area (Å²) in [6.07, 6.45) is -0.0543. The molecule has 7 nitrogen and oxygen atoms in total. The second-order valence-corrected chi connectivity index (χ2v) is 8.53. The second kappa shape index (κ2) is 6.99. The summed E-state index contributed by atoms with van der Waals surface area (Å²) in [5, 5.41) is 12.0. The lowest BCUT2D eigenvalue weighted by Crippen LogP contribution is -2.57. The SMILES string of the molecule is C[C@H]1CCN(C(=O)[C@@H](NC(=O)OC(C)(C)C)C(C)(C)C)[C@@H]1C(=O)O. The smallest absolute Gasteiger partial charge is 0.408 e. The summed E-state index contributed by atoms with van der Waals surface area (Å²) in [6.45, 7) is 12.9. The van der Waals surface area contributed by atoms with E-state index in [0.29, 0.717) is 13.0 Å². The second-order valence-electron chi connectivity index (χ2n) is 8.53. The van der Waals surface area contributed by atoms with Crippen LogP contribution in [0, 0.1) is 11.3 Å². The topological polar surface area (TPSA) is 95.9 Å². The van der Waals surface area contributed by atoms with E-state index in [2.05, 4.69) is 5.32 Å². The van der Waals surface area contributed by atoms with Gasteiger partial charge >= 0.3 is 12.1 Å². The predicted molar refractivity (Wildman–Crippen MR) is 89.5 cm³/mol. The molecule has 0 bridgehead atoms. The van der Waals surface area contributed by atoms with E-state index in [1.54, 1.807) is 20.8 Å². The van der Waals surface area contributed by atoms with Crippen molar-refractivity contribution in [2.45, 2.75) is 72.6 Å². The Morgan fingerprint density at radius 3 is 2.12 bits per heavy atom. The lowest BCUT2D eigenvalue weighted by molar-refractivity contribution is -0.151. The van der Waals surface area contributed by atoms with E-state index in [1.165, 1.54) is 4.90 Å². The van der Waals surface area contributed by atoms with Crippen LogP contribution in [0.15, 0.2) is 0 Å². The molecule has 2 N–H and O–H groups in total. The molecule has 1 fully saturated rings. The summed E-state index contributed by atoms with van der Waals surface area (Å²) >= 11 is 0. The first-order valence-electron chi connectivity index (χ1n) is 8.27. The number of hydrogen-bond donors (Lipinski definition) is 2. The molecule has 138 valence electrons. The highest BCUT2D eigenvalue weighted by Gasteiger charge is 2.45. The van der Waals surface area contributed by atoms with Crippen molar-refractivity contribution in [2.75, 3.05) is 6.54 Å². The van der Waals surface area contributed by atoms with Gasteiger partial charge in [0.25, 0.3) is 0 Å². The Balaban J connectivity index is 2.98. The number of carbonyl (C=O) groups excluding carboxylic acids is 2. The number of carbonyl (C=O) groups is 3. The molecule has 0 radical (unpaired) electrons. The molecule has 0 aromatic heterocycles. The molecule has 1 rings (SSSR count). The van der Waals surface area contributed by atoms with Crippen LogP contribution in [0.1, 0.15) is 54.9 Å². The highest BCUT2D eigenvalue weighted by Crippen LogP contribution is 2.29. The molecule has 0 aromatic rings. The maximum atomic E-state index is 12.9. The molecule has 0 spiro atoms. The summed E-state index contributed by atoms with van der Waals surface area (Å²) in [5.41, 5.74) is -1.26. The minimum absolute atomic E-state index is 0.117. The lowest BCUT2D eigenvalue weighted by Gasteiger charge is -2.35. The number of carboxylic acid groups (broad SMARTS) is 1. The highest BCUT2D eigenvalue weighted by atomic mass is 16.6. The zero-order valence-corrected chi connectivity index (χ0v) is 15.7. The molecular weight excluding hydrogens is 312 g/mol. The quantitative estimate of drug-likeness (QED) is 0.820. The third-order valence-corrected chi connectivity index (χ3v) is 4.01. The largest absolute Gasteiger partial charge is 0.480 e. The van der Waals surface area contributed by atoms with Gasteiger partial charge < -0.3 is 20.1 Å². The number of rotatable bonds is 3. The monoisotopic (exact) mass is 342 g/mol. The van der Waals surface area contributed by atoms with Crippen LogP contribution in [0.3, 0.4) is 0 Å². The van der Waals surface area contributed by atoms with Crippen molar-refractivity contribution in [1.82, 2.24) is 10.2 Å². The van der Waals surface area contributed by atoms with Crippen molar-refractivity contribution in [2.24, 2.45) is 11.3 Å². The van der Waals surface area contributed by atoms with E-state index in [-0.39, 0.29) is 11.8 Å². The molecule has 3 atom stereocenters. The number of hydrogen-bond acceptors (Lipinski definition) is 4. The normalized spacial score (nSPS) is 22.9. The number of aliphatic carboxylic acids is 1. The van der Waals surface area contributed by atoms with Crippen molar-refractivity contribution in [1.29, 1.82) is 0 Å². The fourth-order valence-electron chi connectivity index (χ4n) is 2.81. The van der Waals surface area contributed by atoms with Gasteiger partial charge in [0.2, 0.25) is 5.91 Å². The van der Waals surface area contributed by atoms with E-state index in [0.717, 1.165) is 0 Å². The average molecular weight is 342 g/mol. The zero-order chi connectivity index (χ0) is 18.9. The number of nitrogens with zero attached hydrogens (tertiary/aromatic N) is 1. The third-order valence-electron chi connectivity index (χ3n) is 4.01. The fourth-order valence-corrected chi connectivity index (χ4v) is 2.81. The summed E-state index contributed by atoms with van der Waals surface area (Å²) in [4.78, 5) is 37.9. The van der Waals surface area contributed by atoms with Gasteiger partial charge in [-0.2, -0.15) is 0 Å². The minimum Gasteiger partial charge on any atom is -0.480 e. The van der Waals surface area contributed by atoms with Crippen LogP contribution in [0.5, 0.6) is 0 Å². The molecule has 2 amide bonds. The molecule has 1 aliphatic heterocycles. The fraction of sp³-hybridized carbons (Fsp3) is 0.824. The molecule has 1 aliphatic rings. The van der Waals surface area contributed by atoms with Crippen molar-refractivity contribution >= 4 is 18.0 Å². The number of ether oxygens (including phenoxy) is 1. The Hall–Kier alpha value is -1.79. The molecule has 0 aromatic carbocycles. The van der Waals surface area contributed by atoms with E-state index in [4.69, 9.17) is 4.74 Å². The van der Waals surface area contributed by atoms with Gasteiger partial charge in [0.15, 0.2) is 0 Å². The first-order chi connectivity index (χ1) is 10.7. The van der Waals surface area contributed by atoms with Crippen LogP contribution in [0.4, 0.5) is 4.79 Å². The third kappa shape index (κ3) is 5.11. The summed E-state index contributed by atoms with van der Waals surface area (Å²) in [7, 11) is 0. The number of alkyl carbamates (subject to hydrolysis) is 1. The number of carboxylic acids is 1. The lowest BCUT2D eigenvalue weighted by atomic mass is 9.85. The minimum atomic E-state index is -1.02. The molecule has 0 saturated carbocycles. The Labute approximate surface area is 143 Å². The average Bonchev–Trinajstić information content (AvgIpc) is 2.73. The van der Waals surface area contributed by atoms with Crippen LogP contribution in [-0.2, 0) is 14.3 Å². The van der Waals surface area contributed by atoms with Gasteiger partial charge in [0.1, 0.15) is 17.7 Å². The molecule has 0 unspecified atom stereocenters. The van der Waals surface area contributed by atoms with Crippen LogP contribution >= 0.6 is 0 Å². The number of nitrogens with one attached hydrogen (secondary N) is 1. The van der Waals surface area contributed by atoms with Gasteiger partial charge in [-0.15, -0.1) is 0 Å². The molecule has 24 heavy (non-hydrogen) atoms. The Morgan fingerprint density at radius 1 is 1.17 bits per heavy atom. The molecule has 7 heteroatoms. The predicted octanol–water partition coefficient (Wildman–Crippen LogP) is 2.25. The van der Waals surface area contributed by atoms with Crippen LogP contribution in [0.25, 0.3) is 0 Å². The summed E-state index contributed by atoms with van der Waals surface area (Å²) in [5.74, 6) is -1.52. The number of likely N-dealkylation sites (tertiary alicyclic amines) is 1. The molecule has 1 heterocycles. The molecule has 0 aliphatic carbocycles. The van der Waals surface area contributed by atoms with Gasteiger partial charge in [-0.3, -0.25) is 4.79 Å². The van der Waals surface area contributed by atoms with E-state index >= 15 is 0 Å². The van der Waals surface area contributed by atoms with E-state index < -0.39 is 35.2 Å². The van der Waals surface area contributed by atoms with Crippen LogP contribution in [0.2, 0.25) is 0 Å². The van der Waals surface area contributed by atoms with Gasteiger partial charge in [0.05, 0.1) is 0 Å². The Morgan fingerprint density at radius 2 is 1.71 bits per heavy atom. The van der Waals surface area contributed by atoms with Gasteiger partial charge in [0, 0.05) is 6.54 Å². The number of amides is 2. The molecule has 1 saturated heterocycles.